The summed E-state index contributed by atoms with van der Waals surface area (Å²) in [6.07, 6.45) is 1.06. The molecule has 140 valence electrons. The first-order chi connectivity index (χ1) is 13.3. The van der Waals surface area contributed by atoms with Crippen LogP contribution in [0.4, 0.5) is 17.6 Å². The molecule has 0 N–H and O–H groups in total. The van der Waals surface area contributed by atoms with Gasteiger partial charge in [0, 0.05) is 6.07 Å². The Hall–Kier alpha value is -3.73. The van der Waals surface area contributed by atoms with Gasteiger partial charge in [0.25, 0.3) is 5.78 Å². The molecular formula is C20H10F4N2O2. The van der Waals surface area contributed by atoms with Gasteiger partial charge >= 0.3 is 5.92 Å². The Morgan fingerprint density at radius 1 is 1.00 bits per heavy atom. The number of hydrogen-bond donors (Lipinski definition) is 0. The number of halogens is 4. The second-order valence-electron chi connectivity index (χ2n) is 5.65. The van der Waals surface area contributed by atoms with E-state index >= 15 is 0 Å². The molecule has 3 rings (SSSR count). The number of pyridine rings is 1. The van der Waals surface area contributed by atoms with E-state index in [0.717, 1.165) is 12.3 Å². The number of aromatic nitrogens is 1. The lowest BCUT2D eigenvalue weighted by molar-refractivity contribution is 0.00465. The smallest absolute Gasteiger partial charge is 0.339 e. The van der Waals surface area contributed by atoms with E-state index in [4.69, 9.17) is 10.00 Å². The summed E-state index contributed by atoms with van der Waals surface area (Å²) >= 11 is 0. The monoisotopic (exact) mass is 386 g/mol. The molecule has 8 heteroatoms. The Bertz CT molecular complexity index is 1060. The van der Waals surface area contributed by atoms with Crippen LogP contribution in [0, 0.1) is 23.0 Å². The van der Waals surface area contributed by atoms with Gasteiger partial charge in [0.1, 0.15) is 28.8 Å². The number of nitrogens with zero attached hydrogens (tertiary/aromatic N) is 2. The molecule has 0 atom stereocenters. The fourth-order valence-electron chi connectivity index (χ4n) is 2.34. The number of benzene rings is 2. The highest BCUT2D eigenvalue weighted by atomic mass is 19.3. The maximum Gasteiger partial charge on any atom is 0.339 e. The van der Waals surface area contributed by atoms with Crippen molar-refractivity contribution in [3.05, 3.63) is 89.2 Å². The van der Waals surface area contributed by atoms with E-state index in [1.807, 2.05) is 6.07 Å². The normalized spacial score (nSPS) is 11.0. The highest BCUT2D eigenvalue weighted by molar-refractivity contribution is 6.00. The van der Waals surface area contributed by atoms with Crippen molar-refractivity contribution in [2.75, 3.05) is 0 Å². The van der Waals surface area contributed by atoms with Crippen LogP contribution >= 0.6 is 0 Å². The molecule has 4 nitrogen and oxygen atoms in total. The predicted molar refractivity (Wildman–Crippen MR) is 90.1 cm³/mol. The molecule has 0 amide bonds. The average Bonchev–Trinajstić information content (AvgIpc) is 2.68. The minimum absolute atomic E-state index is 0.164. The van der Waals surface area contributed by atoms with Crippen molar-refractivity contribution in [3.8, 4) is 17.6 Å². The number of ketones is 1. The van der Waals surface area contributed by atoms with Crippen LogP contribution in [0.3, 0.4) is 0 Å². The zero-order chi connectivity index (χ0) is 20.3. The van der Waals surface area contributed by atoms with Crippen molar-refractivity contribution >= 4 is 5.78 Å². The zero-order valence-electron chi connectivity index (χ0n) is 14.0. The molecule has 1 aromatic heterocycles. The molecule has 0 unspecified atom stereocenters. The quantitative estimate of drug-likeness (QED) is 0.457. The molecular weight excluding hydrogens is 376 g/mol. The van der Waals surface area contributed by atoms with Crippen molar-refractivity contribution in [3.63, 3.8) is 0 Å². The topological polar surface area (TPSA) is 63.0 Å². The third-order valence-corrected chi connectivity index (χ3v) is 3.74. The molecule has 2 aromatic carbocycles. The van der Waals surface area contributed by atoms with Crippen molar-refractivity contribution in [2.45, 2.75) is 5.92 Å². The van der Waals surface area contributed by atoms with E-state index in [0.29, 0.717) is 23.4 Å². The molecule has 0 spiro atoms. The highest BCUT2D eigenvalue weighted by Crippen LogP contribution is 2.34. The van der Waals surface area contributed by atoms with Gasteiger partial charge in [-0.1, -0.05) is 0 Å². The number of carbonyl (C=O) groups is 1. The maximum atomic E-state index is 14.3. The standard InChI is InChI=1S/C20H10F4N2O2/c21-13-3-7-16(17(22)9-13)20(23,24)19(27)18-8-6-15(11-26-18)28-14-4-1-12(10-25)2-5-14/h1-9,11H. The van der Waals surface area contributed by atoms with Gasteiger partial charge in [0.2, 0.25) is 0 Å². The number of rotatable bonds is 5. The van der Waals surface area contributed by atoms with Gasteiger partial charge in [0.05, 0.1) is 23.4 Å². The second-order valence-corrected chi connectivity index (χ2v) is 5.65. The summed E-state index contributed by atoms with van der Waals surface area (Å²) in [7, 11) is 0. The first kappa shape index (κ1) is 19.0. The molecule has 0 radical (unpaired) electrons. The minimum atomic E-state index is -4.22. The largest absolute Gasteiger partial charge is 0.456 e. The Morgan fingerprint density at radius 3 is 2.25 bits per heavy atom. The van der Waals surface area contributed by atoms with E-state index in [2.05, 4.69) is 4.98 Å². The van der Waals surface area contributed by atoms with Crippen LogP contribution in [0.2, 0.25) is 0 Å². The van der Waals surface area contributed by atoms with Gasteiger partial charge in [-0.15, -0.1) is 0 Å². The van der Waals surface area contributed by atoms with E-state index in [1.54, 1.807) is 0 Å². The molecule has 0 fully saturated rings. The van der Waals surface area contributed by atoms with E-state index in [-0.39, 0.29) is 11.8 Å². The van der Waals surface area contributed by atoms with Gasteiger partial charge < -0.3 is 4.74 Å². The Kier molecular flexibility index (Phi) is 5.09. The molecule has 0 bridgehead atoms. The number of Topliss-reactive ketones (excluding diaryl/α,β-unsaturated/α-hetero) is 1. The average molecular weight is 386 g/mol. The summed E-state index contributed by atoms with van der Waals surface area (Å²) in [4.78, 5) is 15.7. The van der Waals surface area contributed by atoms with Crippen LogP contribution in [0.1, 0.15) is 21.6 Å². The van der Waals surface area contributed by atoms with E-state index < -0.39 is 34.6 Å². The van der Waals surface area contributed by atoms with Crippen LogP contribution in [0.15, 0.2) is 60.8 Å². The lowest BCUT2D eigenvalue weighted by Crippen LogP contribution is -2.28. The molecule has 28 heavy (non-hydrogen) atoms. The van der Waals surface area contributed by atoms with E-state index in [1.165, 1.54) is 30.3 Å². The lowest BCUT2D eigenvalue weighted by Gasteiger charge is -2.16. The third-order valence-electron chi connectivity index (χ3n) is 3.74. The predicted octanol–water partition coefficient (Wildman–Crippen LogP) is 5.00. The van der Waals surface area contributed by atoms with Crippen molar-refractivity contribution in [2.24, 2.45) is 0 Å². The number of carbonyl (C=O) groups excluding carboxylic acids is 1. The molecule has 0 saturated heterocycles. The Morgan fingerprint density at radius 2 is 1.68 bits per heavy atom. The first-order valence-electron chi connectivity index (χ1n) is 7.83. The van der Waals surface area contributed by atoms with Crippen molar-refractivity contribution in [1.29, 1.82) is 5.26 Å². The molecule has 1 heterocycles. The second kappa shape index (κ2) is 7.48. The lowest BCUT2D eigenvalue weighted by atomic mass is 10.0. The highest BCUT2D eigenvalue weighted by Gasteiger charge is 2.44. The van der Waals surface area contributed by atoms with Crippen LogP contribution in [-0.4, -0.2) is 10.8 Å². The van der Waals surface area contributed by atoms with Gasteiger partial charge in [-0.3, -0.25) is 4.79 Å². The summed E-state index contributed by atoms with van der Waals surface area (Å²) in [5.41, 5.74) is -1.42. The summed E-state index contributed by atoms with van der Waals surface area (Å²) in [6, 6.07) is 11.8. The van der Waals surface area contributed by atoms with Crippen molar-refractivity contribution < 1.29 is 27.1 Å². The minimum Gasteiger partial charge on any atom is -0.456 e. The SMILES string of the molecule is N#Cc1ccc(Oc2ccc(C(=O)C(F)(F)c3ccc(F)cc3F)nc2)cc1. The van der Waals surface area contributed by atoms with Gasteiger partial charge in [-0.2, -0.15) is 14.0 Å². The van der Waals surface area contributed by atoms with Crippen LogP contribution in [0.5, 0.6) is 11.5 Å². The fourth-order valence-corrected chi connectivity index (χ4v) is 2.34. The number of nitriles is 1. The zero-order valence-corrected chi connectivity index (χ0v) is 14.0. The first-order valence-corrected chi connectivity index (χ1v) is 7.83. The van der Waals surface area contributed by atoms with Crippen molar-refractivity contribution in [1.82, 2.24) is 4.98 Å². The molecule has 0 aliphatic heterocycles. The molecule has 0 aliphatic carbocycles. The number of hydrogen-bond acceptors (Lipinski definition) is 4. The number of ether oxygens (including phenoxy) is 1. The maximum absolute atomic E-state index is 14.3. The number of alkyl halides is 2. The third kappa shape index (κ3) is 3.83. The van der Waals surface area contributed by atoms with Gasteiger partial charge in [-0.05, 0) is 48.5 Å². The Labute approximate surface area is 156 Å². The molecule has 0 saturated carbocycles. The summed E-state index contributed by atoms with van der Waals surface area (Å²) in [5.74, 6) is -7.98. The van der Waals surface area contributed by atoms with Gasteiger partial charge in [-0.25, -0.2) is 13.8 Å². The van der Waals surface area contributed by atoms with Gasteiger partial charge in [0.15, 0.2) is 0 Å². The Balaban J connectivity index is 1.79. The van der Waals surface area contributed by atoms with Crippen LogP contribution in [-0.2, 0) is 5.92 Å². The molecule has 3 aromatic rings. The fraction of sp³-hybridized carbons (Fsp3) is 0.0500. The van der Waals surface area contributed by atoms with E-state index in [9.17, 15) is 22.4 Å². The van der Waals surface area contributed by atoms with Crippen LogP contribution < -0.4 is 4.74 Å². The summed E-state index contributed by atoms with van der Waals surface area (Å²) in [6.45, 7) is 0. The molecule has 0 aliphatic rings. The summed E-state index contributed by atoms with van der Waals surface area (Å²) < 4.78 is 60.7. The summed E-state index contributed by atoms with van der Waals surface area (Å²) in [5, 5.41) is 8.74. The van der Waals surface area contributed by atoms with Crippen LogP contribution in [0.25, 0.3) is 0 Å².